The van der Waals surface area contributed by atoms with E-state index in [4.69, 9.17) is 14.2 Å². The van der Waals surface area contributed by atoms with Crippen molar-refractivity contribution in [2.24, 2.45) is 0 Å². The molecule has 0 amide bonds. The van der Waals surface area contributed by atoms with Gasteiger partial charge in [-0.1, -0.05) is 0 Å². The van der Waals surface area contributed by atoms with E-state index in [0.717, 1.165) is 6.42 Å². The lowest BCUT2D eigenvalue weighted by molar-refractivity contribution is -0.419. The van der Waals surface area contributed by atoms with Crippen LogP contribution in [-0.4, -0.2) is 28.9 Å². The number of hydrogen-bond donors (Lipinski definition) is 0. The zero-order chi connectivity index (χ0) is 12.4. The Labute approximate surface area is 99.6 Å². The lowest BCUT2D eigenvalue weighted by atomic mass is 10.1. The van der Waals surface area contributed by atoms with Crippen LogP contribution >= 0.6 is 7.92 Å². The van der Waals surface area contributed by atoms with Gasteiger partial charge in [0, 0.05) is 6.42 Å². The van der Waals surface area contributed by atoms with Gasteiger partial charge in [0.05, 0.1) is 10.7 Å². The molecular weight excluding hydrogens is 223 g/mol. The lowest BCUT2D eigenvalue weighted by Gasteiger charge is -2.61. The first-order valence-electron chi connectivity index (χ1n) is 5.83. The predicted octanol–water partition coefficient (Wildman–Crippen LogP) is 3.47. The fraction of sp³-hybridized carbons (Fsp3) is 1.00. The van der Waals surface area contributed by atoms with Crippen LogP contribution in [0.5, 0.6) is 0 Å². The monoisotopic (exact) mass is 246 g/mol. The third-order valence-electron chi connectivity index (χ3n) is 3.56. The molecule has 0 aromatic carbocycles. The van der Waals surface area contributed by atoms with E-state index in [9.17, 15) is 0 Å². The van der Waals surface area contributed by atoms with Crippen LogP contribution in [-0.2, 0) is 14.2 Å². The molecule has 0 saturated carbocycles. The molecule has 0 aliphatic carbocycles. The molecule has 2 heterocycles. The molecule has 0 aromatic heterocycles. The highest BCUT2D eigenvalue weighted by atomic mass is 31.1. The van der Waals surface area contributed by atoms with Crippen LogP contribution in [0.3, 0.4) is 0 Å². The Kier molecular flexibility index (Phi) is 2.55. The second-order valence-electron chi connectivity index (χ2n) is 6.20. The first-order valence-corrected chi connectivity index (χ1v) is 7.62. The van der Waals surface area contributed by atoms with E-state index in [1.54, 1.807) is 0 Å². The van der Waals surface area contributed by atoms with Crippen molar-refractivity contribution >= 4 is 7.92 Å². The third-order valence-corrected chi connectivity index (χ3v) is 6.93. The third kappa shape index (κ3) is 1.92. The highest BCUT2D eigenvalue weighted by Crippen LogP contribution is 2.68. The van der Waals surface area contributed by atoms with Gasteiger partial charge in [0.15, 0.2) is 11.6 Å². The predicted molar refractivity (Wildman–Crippen MR) is 65.7 cm³/mol. The lowest BCUT2D eigenvalue weighted by Crippen LogP contribution is -2.63. The number of ether oxygens (including phenoxy) is 3. The Hall–Kier alpha value is 0.310. The van der Waals surface area contributed by atoms with Gasteiger partial charge in [-0.3, -0.25) is 0 Å². The standard InChI is InChI=1S/C12H23O3P/c1-9(2)13-11(5)8-12(6,14-9)16(7)10(3,4)15-11/h8H2,1-7H3. The molecule has 3 nitrogen and oxygen atoms in total. The number of hydrogen-bond acceptors (Lipinski definition) is 3. The summed E-state index contributed by atoms with van der Waals surface area (Å²) in [6.45, 7) is 14.7. The van der Waals surface area contributed by atoms with E-state index < -0.39 is 11.6 Å². The Morgan fingerprint density at radius 2 is 1.44 bits per heavy atom. The Balaban J connectivity index is 2.41. The van der Waals surface area contributed by atoms with Crippen LogP contribution in [0.4, 0.5) is 0 Å². The summed E-state index contributed by atoms with van der Waals surface area (Å²) >= 11 is 0. The molecule has 0 aromatic rings. The molecular formula is C12H23O3P. The van der Waals surface area contributed by atoms with Crippen molar-refractivity contribution in [3.8, 4) is 0 Å². The van der Waals surface area contributed by atoms with Gasteiger partial charge < -0.3 is 14.2 Å². The molecule has 3 atom stereocenters. The second-order valence-corrected chi connectivity index (χ2v) is 9.34. The summed E-state index contributed by atoms with van der Waals surface area (Å²) in [6, 6.07) is 0. The average Bonchev–Trinajstić information content (AvgIpc) is 1.93. The summed E-state index contributed by atoms with van der Waals surface area (Å²) in [6.07, 6.45) is 0.815. The summed E-state index contributed by atoms with van der Waals surface area (Å²) in [5.74, 6) is -1.08. The molecule has 2 fully saturated rings. The second kappa shape index (κ2) is 3.20. The highest BCUT2D eigenvalue weighted by Gasteiger charge is 2.60. The molecule has 4 heteroatoms. The molecule has 16 heavy (non-hydrogen) atoms. The topological polar surface area (TPSA) is 27.7 Å². The smallest absolute Gasteiger partial charge is 0.173 e. The zero-order valence-electron chi connectivity index (χ0n) is 11.4. The minimum atomic E-state index is -0.561. The van der Waals surface area contributed by atoms with Crippen LogP contribution in [0.25, 0.3) is 0 Å². The maximum Gasteiger partial charge on any atom is 0.173 e. The molecule has 0 N–H and O–H groups in total. The summed E-state index contributed by atoms with van der Waals surface area (Å²) in [4.78, 5) is 0. The maximum absolute atomic E-state index is 6.17. The first-order chi connectivity index (χ1) is 6.98. The van der Waals surface area contributed by atoms with Crippen LogP contribution < -0.4 is 0 Å². The van der Waals surface area contributed by atoms with E-state index in [1.165, 1.54) is 0 Å². The molecule has 2 aliphatic rings. The summed E-state index contributed by atoms with van der Waals surface area (Å²) in [7, 11) is -0.371. The SMILES string of the molecule is CP1C(C)(C)OC2(C)CC1(C)OC(C)(C)O2. The minimum Gasteiger partial charge on any atom is -0.340 e. The first kappa shape index (κ1) is 12.8. The van der Waals surface area contributed by atoms with Crippen molar-refractivity contribution in [2.45, 2.75) is 70.2 Å². The largest absolute Gasteiger partial charge is 0.340 e. The van der Waals surface area contributed by atoms with Gasteiger partial charge >= 0.3 is 0 Å². The van der Waals surface area contributed by atoms with Crippen LogP contribution in [0.1, 0.15) is 48.0 Å². The van der Waals surface area contributed by atoms with Crippen molar-refractivity contribution < 1.29 is 14.2 Å². The summed E-state index contributed by atoms with van der Waals surface area (Å²) < 4.78 is 18.3. The van der Waals surface area contributed by atoms with Gasteiger partial charge in [-0.05, 0) is 56.1 Å². The van der Waals surface area contributed by atoms with Crippen LogP contribution in [0, 0.1) is 0 Å². The molecule has 2 aliphatic heterocycles. The van der Waals surface area contributed by atoms with E-state index >= 15 is 0 Å². The normalized spacial score (nSPS) is 50.1. The van der Waals surface area contributed by atoms with Gasteiger partial charge in [-0.15, -0.1) is 0 Å². The highest BCUT2D eigenvalue weighted by molar-refractivity contribution is 7.59. The van der Waals surface area contributed by atoms with Crippen molar-refractivity contribution in [3.63, 3.8) is 0 Å². The van der Waals surface area contributed by atoms with Gasteiger partial charge in [-0.2, -0.15) is 0 Å². The van der Waals surface area contributed by atoms with Crippen LogP contribution in [0.15, 0.2) is 0 Å². The maximum atomic E-state index is 6.17. The van der Waals surface area contributed by atoms with Gasteiger partial charge in [-0.25, -0.2) is 0 Å². The Morgan fingerprint density at radius 3 is 2.00 bits per heavy atom. The Bertz CT molecular complexity index is 307. The van der Waals surface area contributed by atoms with Crippen molar-refractivity contribution in [3.05, 3.63) is 0 Å². The summed E-state index contributed by atoms with van der Waals surface area (Å²) in [5.41, 5.74) is 0. The minimum absolute atomic E-state index is 0.117. The molecule has 2 bridgehead atoms. The van der Waals surface area contributed by atoms with E-state index in [1.807, 2.05) is 20.8 Å². The van der Waals surface area contributed by atoms with E-state index in [-0.39, 0.29) is 18.6 Å². The molecule has 2 rings (SSSR count). The van der Waals surface area contributed by atoms with E-state index in [0.29, 0.717) is 0 Å². The van der Waals surface area contributed by atoms with Gasteiger partial charge in [0.1, 0.15) is 0 Å². The van der Waals surface area contributed by atoms with Crippen molar-refractivity contribution in [1.29, 1.82) is 0 Å². The quantitative estimate of drug-likeness (QED) is 0.612. The number of fused-ring (bicyclic) bond motifs is 2. The fourth-order valence-electron chi connectivity index (χ4n) is 3.15. The Morgan fingerprint density at radius 1 is 0.875 bits per heavy atom. The molecule has 0 spiro atoms. The van der Waals surface area contributed by atoms with Crippen LogP contribution in [0.2, 0.25) is 0 Å². The average molecular weight is 246 g/mol. The zero-order valence-corrected chi connectivity index (χ0v) is 12.3. The van der Waals surface area contributed by atoms with Gasteiger partial charge in [0.2, 0.25) is 0 Å². The molecule has 2 saturated heterocycles. The number of rotatable bonds is 0. The van der Waals surface area contributed by atoms with Gasteiger partial charge in [0.25, 0.3) is 0 Å². The van der Waals surface area contributed by atoms with Crippen molar-refractivity contribution in [2.75, 3.05) is 6.66 Å². The molecule has 0 radical (unpaired) electrons. The van der Waals surface area contributed by atoms with E-state index in [2.05, 4.69) is 27.4 Å². The fourth-order valence-corrected chi connectivity index (χ4v) is 5.50. The molecule has 94 valence electrons. The summed E-state index contributed by atoms with van der Waals surface area (Å²) in [5, 5.41) is -0.277. The van der Waals surface area contributed by atoms with Crippen molar-refractivity contribution in [1.82, 2.24) is 0 Å². The molecule has 3 unspecified atom stereocenters.